The molecule has 0 saturated heterocycles. The molecule has 2 heterocycles. The Morgan fingerprint density at radius 3 is 2.58 bits per heavy atom. The second-order valence-corrected chi connectivity index (χ2v) is 8.14. The summed E-state index contributed by atoms with van der Waals surface area (Å²) in [7, 11) is 0. The van der Waals surface area contributed by atoms with Gasteiger partial charge in [-0.2, -0.15) is 13.2 Å². The zero-order valence-corrected chi connectivity index (χ0v) is 18.3. The highest BCUT2D eigenvalue weighted by atomic mass is 19.4. The number of imidazole rings is 1. The molecule has 5 rings (SSSR count). The lowest BCUT2D eigenvalue weighted by Crippen LogP contribution is -2.15. The average Bonchev–Trinajstić information content (AvgIpc) is 3.59. The topological polar surface area (TPSA) is 97.6 Å². The molecule has 184 valence electrons. The average molecular weight is 499 g/mol. The van der Waals surface area contributed by atoms with Crippen LogP contribution in [0.3, 0.4) is 0 Å². The fourth-order valence-electron chi connectivity index (χ4n) is 3.40. The molecule has 36 heavy (non-hydrogen) atoms. The molecule has 1 fully saturated rings. The first-order chi connectivity index (χ1) is 17.2. The molecule has 2 aromatic carbocycles. The Hall–Kier alpha value is -4.48. The lowest BCUT2D eigenvalue weighted by atomic mass is 10.1. The highest BCUT2D eigenvalue weighted by Gasteiger charge is 2.34. The molecule has 1 aliphatic carbocycles. The Morgan fingerprint density at radius 2 is 1.83 bits per heavy atom. The van der Waals surface area contributed by atoms with Gasteiger partial charge in [-0.1, -0.05) is 6.07 Å². The summed E-state index contributed by atoms with van der Waals surface area (Å²) in [5, 5.41) is 9.49. The molecule has 2 amide bonds. The Bertz CT molecular complexity index is 1480. The monoisotopic (exact) mass is 499 g/mol. The number of anilines is 2. The molecule has 1 aliphatic rings. The van der Waals surface area contributed by atoms with E-state index in [0.717, 1.165) is 18.9 Å². The molecule has 0 radical (unpaired) electrons. The number of fused-ring (bicyclic) bond motifs is 1. The number of amides is 2. The van der Waals surface area contributed by atoms with Crippen LogP contribution in [0.1, 0.15) is 28.8 Å². The number of nitrogens with zero attached hydrogens (tertiary/aromatic N) is 3. The van der Waals surface area contributed by atoms with Crippen LogP contribution in [0.4, 0.5) is 29.1 Å². The summed E-state index contributed by atoms with van der Waals surface area (Å²) in [5.41, 5.74) is -1.15. The zero-order valence-electron chi connectivity index (χ0n) is 18.3. The molecular weight excluding hydrogens is 482 g/mol. The third-order valence-electron chi connectivity index (χ3n) is 5.34. The van der Waals surface area contributed by atoms with Crippen molar-refractivity contribution in [2.75, 3.05) is 10.6 Å². The Labute approximate surface area is 200 Å². The number of aromatic nitrogens is 3. The number of alkyl halides is 3. The van der Waals surface area contributed by atoms with E-state index >= 15 is 0 Å². The molecule has 0 atom stereocenters. The van der Waals surface area contributed by atoms with Gasteiger partial charge >= 0.3 is 6.18 Å². The molecule has 1 saturated carbocycles. The predicted octanol–water partition coefficient (Wildman–Crippen LogP) is 5.28. The summed E-state index contributed by atoms with van der Waals surface area (Å²) in [5.74, 6) is -1.51. The number of carbonyl (C=O) groups excluding carboxylic acids is 2. The smallest absolute Gasteiger partial charge is 0.419 e. The van der Waals surface area contributed by atoms with E-state index in [1.807, 2.05) is 0 Å². The van der Waals surface area contributed by atoms with E-state index in [1.165, 1.54) is 16.6 Å². The van der Waals surface area contributed by atoms with E-state index in [4.69, 9.17) is 4.74 Å². The van der Waals surface area contributed by atoms with Gasteiger partial charge in [0.05, 0.1) is 11.8 Å². The second kappa shape index (κ2) is 8.95. The lowest BCUT2D eigenvalue weighted by molar-refractivity contribution is -0.140. The summed E-state index contributed by atoms with van der Waals surface area (Å²) in [6, 6.07) is 11.4. The van der Waals surface area contributed by atoms with Gasteiger partial charge in [0.2, 0.25) is 11.8 Å². The molecule has 0 spiro atoms. The number of rotatable bonds is 6. The van der Waals surface area contributed by atoms with Crippen LogP contribution >= 0.6 is 0 Å². The van der Waals surface area contributed by atoms with Gasteiger partial charge in [0.15, 0.2) is 11.5 Å². The quantitative estimate of drug-likeness (QED) is 0.352. The van der Waals surface area contributed by atoms with E-state index < -0.39 is 23.5 Å². The van der Waals surface area contributed by atoms with Gasteiger partial charge in [0.1, 0.15) is 11.6 Å². The lowest BCUT2D eigenvalue weighted by Gasteiger charge is -2.11. The van der Waals surface area contributed by atoms with Gasteiger partial charge in [-0.3, -0.25) is 9.59 Å². The van der Waals surface area contributed by atoms with Gasteiger partial charge in [-0.05, 0) is 49.2 Å². The van der Waals surface area contributed by atoms with E-state index in [2.05, 4.69) is 20.7 Å². The summed E-state index contributed by atoms with van der Waals surface area (Å²) in [6.07, 6.45) is -1.64. The maximum atomic E-state index is 13.5. The van der Waals surface area contributed by atoms with E-state index in [-0.39, 0.29) is 34.7 Å². The van der Waals surface area contributed by atoms with Crippen molar-refractivity contribution in [3.8, 4) is 11.6 Å². The highest BCUT2D eigenvalue weighted by Crippen LogP contribution is 2.32. The minimum Gasteiger partial charge on any atom is -0.438 e. The standard InChI is InChI=1S/C24H17F4N5O3/c25-18-7-6-14(10-17(18)24(26,27)28)23(35)29-15-2-1-3-16(11-15)36-21-9-8-20-30-19(12-33(20)32-21)31-22(34)13-4-5-13/h1-3,6-13H,4-5H2,(H,29,35)(H,31,34). The number of nitrogens with one attached hydrogen (secondary N) is 2. The third-order valence-corrected chi connectivity index (χ3v) is 5.34. The molecule has 2 N–H and O–H groups in total. The van der Waals surface area contributed by atoms with Gasteiger partial charge in [-0.15, -0.1) is 5.10 Å². The van der Waals surface area contributed by atoms with Crippen molar-refractivity contribution in [3.63, 3.8) is 0 Å². The van der Waals surface area contributed by atoms with Crippen molar-refractivity contribution in [2.24, 2.45) is 5.92 Å². The first-order valence-electron chi connectivity index (χ1n) is 10.8. The van der Waals surface area contributed by atoms with Crippen molar-refractivity contribution in [2.45, 2.75) is 19.0 Å². The molecule has 0 aliphatic heterocycles. The van der Waals surface area contributed by atoms with Crippen LogP contribution in [0.2, 0.25) is 0 Å². The Morgan fingerprint density at radius 1 is 1.03 bits per heavy atom. The van der Waals surface area contributed by atoms with E-state index in [9.17, 15) is 27.2 Å². The van der Waals surface area contributed by atoms with Crippen molar-refractivity contribution in [3.05, 3.63) is 77.7 Å². The van der Waals surface area contributed by atoms with Crippen molar-refractivity contribution < 1.29 is 31.9 Å². The number of ether oxygens (including phenoxy) is 1. The molecule has 0 unspecified atom stereocenters. The summed E-state index contributed by atoms with van der Waals surface area (Å²) in [6.45, 7) is 0. The van der Waals surface area contributed by atoms with Crippen molar-refractivity contribution in [1.82, 2.24) is 14.6 Å². The molecular formula is C24H17F4N5O3. The summed E-state index contributed by atoms with van der Waals surface area (Å²) < 4.78 is 59.5. The first-order valence-corrected chi connectivity index (χ1v) is 10.8. The normalized spacial score (nSPS) is 13.4. The molecule has 12 heteroatoms. The number of carbonyl (C=O) groups is 2. The Kier molecular flexibility index (Phi) is 5.78. The third kappa shape index (κ3) is 5.11. The second-order valence-electron chi connectivity index (χ2n) is 8.14. The minimum atomic E-state index is -4.93. The van der Waals surface area contributed by atoms with Crippen molar-refractivity contribution >= 4 is 29.0 Å². The van der Waals surface area contributed by atoms with Gasteiger partial charge in [-0.25, -0.2) is 13.9 Å². The molecule has 8 nitrogen and oxygen atoms in total. The van der Waals surface area contributed by atoms with E-state index in [0.29, 0.717) is 23.6 Å². The van der Waals surface area contributed by atoms with E-state index in [1.54, 1.807) is 30.5 Å². The Balaban J connectivity index is 1.29. The fourth-order valence-corrected chi connectivity index (χ4v) is 3.40. The van der Waals surface area contributed by atoms with Crippen LogP contribution in [0.5, 0.6) is 11.6 Å². The first kappa shape index (κ1) is 23.3. The number of hydrogen-bond donors (Lipinski definition) is 2. The molecule has 2 aromatic heterocycles. The van der Waals surface area contributed by atoms with Crippen LogP contribution in [0, 0.1) is 11.7 Å². The van der Waals surface area contributed by atoms with Crippen LogP contribution < -0.4 is 15.4 Å². The van der Waals surface area contributed by atoms with Gasteiger partial charge < -0.3 is 15.4 Å². The molecule has 0 bridgehead atoms. The van der Waals surface area contributed by atoms with Gasteiger partial charge in [0.25, 0.3) is 5.91 Å². The largest absolute Gasteiger partial charge is 0.438 e. The number of benzene rings is 2. The number of hydrogen-bond acceptors (Lipinski definition) is 5. The number of halogens is 4. The maximum absolute atomic E-state index is 13.5. The van der Waals surface area contributed by atoms with Crippen LogP contribution in [0.25, 0.3) is 5.65 Å². The van der Waals surface area contributed by atoms with Crippen LogP contribution in [0.15, 0.2) is 60.8 Å². The van der Waals surface area contributed by atoms with Crippen LogP contribution in [-0.4, -0.2) is 26.4 Å². The van der Waals surface area contributed by atoms with Crippen LogP contribution in [-0.2, 0) is 11.0 Å². The highest BCUT2D eigenvalue weighted by molar-refractivity contribution is 6.04. The molecule has 4 aromatic rings. The zero-order chi connectivity index (χ0) is 25.4. The predicted molar refractivity (Wildman–Crippen MR) is 120 cm³/mol. The van der Waals surface area contributed by atoms with Gasteiger partial charge in [0, 0.05) is 29.3 Å². The SMILES string of the molecule is O=C(Nc1cccc(Oc2ccc3nc(NC(=O)C4CC4)cn3n2)c1)c1ccc(F)c(C(F)(F)F)c1. The fraction of sp³-hybridized carbons (Fsp3) is 0.167. The summed E-state index contributed by atoms with van der Waals surface area (Å²) in [4.78, 5) is 28.7. The van der Waals surface area contributed by atoms with Crippen molar-refractivity contribution in [1.29, 1.82) is 0 Å². The summed E-state index contributed by atoms with van der Waals surface area (Å²) >= 11 is 0. The minimum absolute atomic E-state index is 0.0316. The maximum Gasteiger partial charge on any atom is 0.419 e.